The van der Waals surface area contributed by atoms with Gasteiger partial charge in [0.25, 0.3) is 0 Å². The van der Waals surface area contributed by atoms with Gasteiger partial charge in [0.2, 0.25) is 0 Å². The Morgan fingerprint density at radius 1 is 1.58 bits per heavy atom. The van der Waals surface area contributed by atoms with Crippen LogP contribution in [0, 0.1) is 5.41 Å². The Kier molecular flexibility index (Phi) is 3.40. The third kappa shape index (κ3) is 2.14. The highest BCUT2D eigenvalue weighted by Crippen LogP contribution is 2.15. The molecule has 1 atom stereocenters. The average molecular weight is 187 g/mol. The Labute approximate surface area is 78.6 Å². The molecule has 4 heteroatoms. The van der Waals surface area contributed by atoms with Crippen LogP contribution in [0.1, 0.15) is 0 Å². The highest BCUT2D eigenvalue weighted by atomic mass is 32.2. The fourth-order valence-electron chi connectivity index (χ4n) is 1.27. The van der Waals surface area contributed by atoms with E-state index in [4.69, 9.17) is 5.41 Å². The zero-order chi connectivity index (χ0) is 9.14. The van der Waals surface area contributed by atoms with Crippen molar-refractivity contribution < 1.29 is 0 Å². The van der Waals surface area contributed by atoms with Gasteiger partial charge in [0, 0.05) is 32.1 Å². The maximum atomic E-state index is 7.84. The minimum absolute atomic E-state index is 0.318. The summed E-state index contributed by atoms with van der Waals surface area (Å²) >= 11 is 1.94. The van der Waals surface area contributed by atoms with E-state index in [1.165, 1.54) is 5.75 Å². The van der Waals surface area contributed by atoms with Gasteiger partial charge in [-0.2, -0.15) is 11.8 Å². The zero-order valence-electron chi connectivity index (χ0n) is 8.00. The summed E-state index contributed by atoms with van der Waals surface area (Å²) in [5.41, 5.74) is 0. The van der Waals surface area contributed by atoms with Gasteiger partial charge in [-0.1, -0.05) is 0 Å². The fourth-order valence-corrected chi connectivity index (χ4v) is 2.49. The van der Waals surface area contributed by atoms with Crippen LogP contribution in [0.3, 0.4) is 0 Å². The summed E-state index contributed by atoms with van der Waals surface area (Å²) in [6.07, 6.45) is 0. The Morgan fingerprint density at radius 2 is 2.25 bits per heavy atom. The first-order valence-corrected chi connectivity index (χ1v) is 5.32. The summed E-state index contributed by atoms with van der Waals surface area (Å²) in [6, 6.07) is 0.318. The van der Waals surface area contributed by atoms with Crippen molar-refractivity contribution in [1.29, 1.82) is 5.41 Å². The van der Waals surface area contributed by atoms with Crippen molar-refractivity contribution in [2.75, 3.05) is 39.2 Å². The average Bonchev–Trinajstić information content (AvgIpc) is 2.04. The van der Waals surface area contributed by atoms with Crippen LogP contribution in [0.5, 0.6) is 0 Å². The lowest BCUT2D eigenvalue weighted by Crippen LogP contribution is -2.48. The quantitative estimate of drug-likeness (QED) is 0.481. The van der Waals surface area contributed by atoms with Gasteiger partial charge >= 0.3 is 0 Å². The van der Waals surface area contributed by atoms with Gasteiger partial charge in [0.05, 0.1) is 6.04 Å². The SMILES string of the molecule is CN(C)C(=N)C1CSCCN1C. The molecule has 1 rings (SSSR count). The lowest BCUT2D eigenvalue weighted by molar-refractivity contribution is 0.310. The fraction of sp³-hybridized carbons (Fsp3) is 0.875. The molecule has 0 bridgehead atoms. The van der Waals surface area contributed by atoms with Crippen molar-refractivity contribution in [3.8, 4) is 0 Å². The van der Waals surface area contributed by atoms with E-state index in [2.05, 4.69) is 11.9 Å². The number of thioether (sulfide) groups is 1. The lowest BCUT2D eigenvalue weighted by atomic mass is 10.2. The number of hydrogen-bond donors (Lipinski definition) is 1. The van der Waals surface area contributed by atoms with E-state index in [1.54, 1.807) is 0 Å². The molecule has 0 aromatic heterocycles. The number of amidine groups is 1. The topological polar surface area (TPSA) is 30.3 Å². The third-order valence-corrected chi connectivity index (χ3v) is 3.22. The molecule has 0 aliphatic carbocycles. The van der Waals surface area contributed by atoms with E-state index in [0.717, 1.165) is 18.1 Å². The Balaban J connectivity index is 2.53. The van der Waals surface area contributed by atoms with Gasteiger partial charge in [-0.25, -0.2) is 0 Å². The molecule has 1 aliphatic heterocycles. The van der Waals surface area contributed by atoms with Crippen molar-refractivity contribution in [2.45, 2.75) is 6.04 Å². The standard InChI is InChI=1S/C8H17N3S/c1-10(2)8(9)7-6-12-5-4-11(7)3/h7,9H,4-6H2,1-3H3. The lowest BCUT2D eigenvalue weighted by Gasteiger charge is -2.34. The molecule has 1 aliphatic rings. The second-order valence-electron chi connectivity index (χ2n) is 3.35. The largest absolute Gasteiger partial charge is 0.365 e. The van der Waals surface area contributed by atoms with E-state index < -0.39 is 0 Å². The van der Waals surface area contributed by atoms with Crippen LogP contribution in [0.25, 0.3) is 0 Å². The highest BCUT2D eigenvalue weighted by Gasteiger charge is 2.24. The number of likely N-dealkylation sites (N-methyl/N-ethyl adjacent to an activating group) is 2. The van der Waals surface area contributed by atoms with Crippen molar-refractivity contribution >= 4 is 17.6 Å². The monoisotopic (exact) mass is 187 g/mol. The summed E-state index contributed by atoms with van der Waals surface area (Å²) in [5, 5.41) is 7.84. The molecule has 0 saturated carbocycles. The molecule has 1 N–H and O–H groups in total. The first-order chi connectivity index (χ1) is 5.63. The van der Waals surface area contributed by atoms with Gasteiger partial charge in [-0.05, 0) is 7.05 Å². The van der Waals surface area contributed by atoms with E-state index in [1.807, 2.05) is 30.8 Å². The molecule has 0 amide bonds. The molecule has 12 heavy (non-hydrogen) atoms. The number of nitrogens with zero attached hydrogens (tertiary/aromatic N) is 2. The van der Waals surface area contributed by atoms with Crippen LogP contribution >= 0.6 is 11.8 Å². The van der Waals surface area contributed by atoms with Crippen LogP contribution < -0.4 is 0 Å². The second-order valence-corrected chi connectivity index (χ2v) is 4.50. The van der Waals surface area contributed by atoms with Gasteiger partial charge < -0.3 is 4.90 Å². The summed E-state index contributed by atoms with van der Waals surface area (Å²) in [6.45, 7) is 1.10. The predicted octanol–water partition coefficient (Wildman–Crippen LogP) is 0.572. The number of hydrogen-bond acceptors (Lipinski definition) is 3. The van der Waals surface area contributed by atoms with Crippen molar-refractivity contribution in [3.63, 3.8) is 0 Å². The van der Waals surface area contributed by atoms with Gasteiger partial charge in [-0.15, -0.1) is 0 Å². The summed E-state index contributed by atoms with van der Waals surface area (Å²) in [5.74, 6) is 2.99. The van der Waals surface area contributed by atoms with Crippen molar-refractivity contribution in [1.82, 2.24) is 9.80 Å². The molecule has 1 unspecified atom stereocenters. The van der Waals surface area contributed by atoms with Crippen LogP contribution in [0.4, 0.5) is 0 Å². The zero-order valence-corrected chi connectivity index (χ0v) is 8.82. The molecule has 1 heterocycles. The molecule has 1 fully saturated rings. The molecule has 1 saturated heterocycles. The molecule has 0 aromatic rings. The Bertz CT molecular complexity index is 170. The summed E-state index contributed by atoms with van der Waals surface area (Å²) < 4.78 is 0. The van der Waals surface area contributed by atoms with Gasteiger partial charge in [-0.3, -0.25) is 10.3 Å². The molecule has 0 aromatic carbocycles. The minimum atomic E-state index is 0.318. The molecule has 70 valence electrons. The normalized spacial score (nSPS) is 25.4. The predicted molar refractivity (Wildman–Crippen MR) is 55.2 cm³/mol. The van der Waals surface area contributed by atoms with Crippen LogP contribution in [0.15, 0.2) is 0 Å². The maximum Gasteiger partial charge on any atom is 0.114 e. The smallest absolute Gasteiger partial charge is 0.114 e. The first kappa shape index (κ1) is 9.86. The molecule has 0 radical (unpaired) electrons. The van der Waals surface area contributed by atoms with E-state index in [0.29, 0.717) is 6.04 Å². The van der Waals surface area contributed by atoms with Gasteiger partial charge in [0.1, 0.15) is 5.84 Å². The summed E-state index contributed by atoms with van der Waals surface area (Å²) in [7, 11) is 5.98. The second kappa shape index (κ2) is 4.14. The van der Waals surface area contributed by atoms with Crippen LogP contribution in [0.2, 0.25) is 0 Å². The van der Waals surface area contributed by atoms with E-state index in [-0.39, 0.29) is 0 Å². The first-order valence-electron chi connectivity index (χ1n) is 4.16. The van der Waals surface area contributed by atoms with Crippen LogP contribution in [-0.4, -0.2) is 60.9 Å². The number of nitrogens with one attached hydrogen (secondary N) is 1. The van der Waals surface area contributed by atoms with E-state index >= 15 is 0 Å². The Hall–Kier alpha value is -0.220. The molecular weight excluding hydrogens is 170 g/mol. The molecular formula is C8H17N3S. The van der Waals surface area contributed by atoms with Crippen molar-refractivity contribution in [2.24, 2.45) is 0 Å². The Morgan fingerprint density at radius 3 is 2.75 bits per heavy atom. The van der Waals surface area contributed by atoms with E-state index in [9.17, 15) is 0 Å². The highest BCUT2D eigenvalue weighted by molar-refractivity contribution is 7.99. The third-order valence-electron chi connectivity index (χ3n) is 2.19. The molecule has 0 spiro atoms. The van der Waals surface area contributed by atoms with Crippen molar-refractivity contribution in [3.05, 3.63) is 0 Å². The van der Waals surface area contributed by atoms with Gasteiger partial charge in [0.15, 0.2) is 0 Å². The molecule has 3 nitrogen and oxygen atoms in total. The minimum Gasteiger partial charge on any atom is -0.365 e. The summed E-state index contributed by atoms with van der Waals surface area (Å²) in [4.78, 5) is 4.16. The number of rotatable bonds is 1. The maximum absolute atomic E-state index is 7.84. The van der Waals surface area contributed by atoms with Crippen LogP contribution in [-0.2, 0) is 0 Å².